The number of halogens is 1. The van der Waals surface area contributed by atoms with Crippen molar-refractivity contribution in [2.75, 3.05) is 5.73 Å². The highest BCUT2D eigenvalue weighted by molar-refractivity contribution is 6.31. The molecule has 0 aliphatic carbocycles. The van der Waals surface area contributed by atoms with Crippen molar-refractivity contribution >= 4 is 17.4 Å². The largest absolute Gasteiger partial charge is 0.382 e. The maximum absolute atomic E-state index is 6.04. The van der Waals surface area contributed by atoms with Crippen LogP contribution in [0.3, 0.4) is 0 Å². The van der Waals surface area contributed by atoms with Crippen molar-refractivity contribution in [3.8, 4) is 5.69 Å². The van der Waals surface area contributed by atoms with Gasteiger partial charge in [0.05, 0.1) is 5.69 Å². The monoisotopic (exact) mass is 221 g/mol. The van der Waals surface area contributed by atoms with E-state index < -0.39 is 0 Å². The second-order valence-corrected chi connectivity index (χ2v) is 3.98. The third kappa shape index (κ3) is 1.83. The molecule has 4 heteroatoms. The van der Waals surface area contributed by atoms with Gasteiger partial charge in [0, 0.05) is 16.8 Å². The van der Waals surface area contributed by atoms with Crippen LogP contribution >= 0.6 is 11.6 Å². The van der Waals surface area contributed by atoms with Gasteiger partial charge in [0.15, 0.2) is 0 Å². The van der Waals surface area contributed by atoms with Crippen LogP contribution < -0.4 is 5.73 Å². The van der Waals surface area contributed by atoms with Gasteiger partial charge in [-0.25, -0.2) is 4.68 Å². The number of aromatic nitrogens is 2. The Balaban J connectivity index is 2.49. The van der Waals surface area contributed by atoms with Gasteiger partial charge in [0.1, 0.15) is 5.82 Å². The number of benzene rings is 1. The maximum Gasteiger partial charge on any atom is 0.148 e. The van der Waals surface area contributed by atoms with Gasteiger partial charge in [0.2, 0.25) is 0 Å². The average molecular weight is 222 g/mol. The quantitative estimate of drug-likeness (QED) is 0.805. The van der Waals surface area contributed by atoms with E-state index >= 15 is 0 Å². The molecular weight excluding hydrogens is 210 g/mol. The van der Waals surface area contributed by atoms with E-state index in [2.05, 4.69) is 5.10 Å². The van der Waals surface area contributed by atoms with Crippen LogP contribution in [0.5, 0.6) is 0 Å². The molecule has 2 N–H and O–H groups in total. The molecule has 0 fully saturated rings. The summed E-state index contributed by atoms with van der Waals surface area (Å²) in [5, 5.41) is 4.92. The van der Waals surface area contributed by atoms with Crippen LogP contribution in [0.1, 0.15) is 11.1 Å². The Bertz CT molecular complexity index is 483. The van der Waals surface area contributed by atoms with E-state index in [1.165, 1.54) is 0 Å². The number of nitrogens with two attached hydrogens (primary N) is 1. The minimum atomic E-state index is 0.548. The van der Waals surface area contributed by atoms with Crippen molar-refractivity contribution in [3.05, 3.63) is 40.5 Å². The zero-order chi connectivity index (χ0) is 11.0. The Labute approximate surface area is 93.5 Å². The smallest absolute Gasteiger partial charge is 0.148 e. The van der Waals surface area contributed by atoms with Crippen molar-refractivity contribution in [1.29, 1.82) is 0 Å². The van der Waals surface area contributed by atoms with E-state index in [9.17, 15) is 0 Å². The summed E-state index contributed by atoms with van der Waals surface area (Å²) < 4.78 is 1.73. The van der Waals surface area contributed by atoms with Crippen LogP contribution in [0.4, 0.5) is 5.82 Å². The number of nitrogen functional groups attached to an aromatic ring is 1. The summed E-state index contributed by atoms with van der Waals surface area (Å²) in [7, 11) is 0. The van der Waals surface area contributed by atoms with Crippen molar-refractivity contribution in [1.82, 2.24) is 9.78 Å². The highest BCUT2D eigenvalue weighted by Gasteiger charge is 2.04. The van der Waals surface area contributed by atoms with Crippen LogP contribution in [0.15, 0.2) is 24.4 Å². The molecule has 2 aromatic rings. The fourth-order valence-electron chi connectivity index (χ4n) is 1.33. The van der Waals surface area contributed by atoms with Crippen LogP contribution in [0.2, 0.25) is 5.02 Å². The molecule has 0 bridgehead atoms. The second-order valence-electron chi connectivity index (χ2n) is 3.58. The van der Waals surface area contributed by atoms with Gasteiger partial charge >= 0.3 is 0 Å². The number of rotatable bonds is 1. The van der Waals surface area contributed by atoms with E-state index in [1.54, 1.807) is 4.68 Å². The molecule has 0 unspecified atom stereocenters. The third-order valence-corrected chi connectivity index (χ3v) is 2.76. The SMILES string of the molecule is Cc1ccc(-n2cc(C)c(N)n2)cc1Cl. The van der Waals surface area contributed by atoms with Gasteiger partial charge in [-0.2, -0.15) is 5.10 Å². The van der Waals surface area contributed by atoms with E-state index in [-0.39, 0.29) is 0 Å². The molecule has 15 heavy (non-hydrogen) atoms. The summed E-state index contributed by atoms with van der Waals surface area (Å²) >= 11 is 6.04. The Morgan fingerprint density at radius 1 is 1.27 bits per heavy atom. The molecule has 3 nitrogen and oxygen atoms in total. The first kappa shape index (κ1) is 10.1. The van der Waals surface area contributed by atoms with E-state index in [1.807, 2.05) is 38.2 Å². The molecule has 1 aromatic heterocycles. The molecular formula is C11H12ClN3. The van der Waals surface area contributed by atoms with Crippen molar-refractivity contribution in [2.45, 2.75) is 13.8 Å². The van der Waals surface area contributed by atoms with E-state index in [4.69, 9.17) is 17.3 Å². The molecule has 0 aliphatic heterocycles. The standard InChI is InChI=1S/C11H12ClN3/c1-7-3-4-9(5-10(7)12)15-6-8(2)11(13)14-15/h3-6H,1-2H3,(H2,13,14). The average Bonchev–Trinajstić information content (AvgIpc) is 2.52. The first-order chi connectivity index (χ1) is 7.08. The fourth-order valence-corrected chi connectivity index (χ4v) is 1.50. The van der Waals surface area contributed by atoms with Gasteiger partial charge < -0.3 is 5.73 Å². The predicted molar refractivity (Wildman–Crippen MR) is 62.5 cm³/mol. The number of aryl methyl sites for hydroxylation is 2. The second kappa shape index (κ2) is 3.59. The molecule has 0 radical (unpaired) electrons. The number of hydrogen-bond donors (Lipinski definition) is 1. The van der Waals surface area contributed by atoms with Crippen LogP contribution in [0, 0.1) is 13.8 Å². The third-order valence-electron chi connectivity index (χ3n) is 2.36. The van der Waals surface area contributed by atoms with Gasteiger partial charge in [-0.15, -0.1) is 0 Å². The Kier molecular flexibility index (Phi) is 2.40. The van der Waals surface area contributed by atoms with E-state index in [0.29, 0.717) is 5.82 Å². The molecule has 0 saturated heterocycles. The van der Waals surface area contributed by atoms with Crippen molar-refractivity contribution in [2.24, 2.45) is 0 Å². The van der Waals surface area contributed by atoms with Crippen LogP contribution in [-0.2, 0) is 0 Å². The molecule has 0 atom stereocenters. The lowest BCUT2D eigenvalue weighted by molar-refractivity contribution is 0.885. The van der Waals surface area contributed by atoms with Crippen LogP contribution in [0.25, 0.3) is 5.69 Å². The molecule has 0 amide bonds. The van der Waals surface area contributed by atoms with E-state index in [0.717, 1.165) is 21.8 Å². The fraction of sp³-hybridized carbons (Fsp3) is 0.182. The summed E-state index contributed by atoms with van der Waals surface area (Å²) in [6, 6.07) is 5.81. The Hall–Kier alpha value is -1.48. The van der Waals surface area contributed by atoms with Gasteiger partial charge in [0.25, 0.3) is 0 Å². The number of anilines is 1. The van der Waals surface area contributed by atoms with Crippen molar-refractivity contribution in [3.63, 3.8) is 0 Å². The summed E-state index contributed by atoms with van der Waals surface area (Å²) in [5.74, 6) is 0.548. The predicted octanol–water partition coefficient (Wildman–Crippen LogP) is 2.72. The first-order valence-electron chi connectivity index (χ1n) is 4.66. The summed E-state index contributed by atoms with van der Waals surface area (Å²) in [5.41, 5.74) is 8.62. The normalized spacial score (nSPS) is 10.6. The lowest BCUT2D eigenvalue weighted by atomic mass is 10.2. The minimum Gasteiger partial charge on any atom is -0.382 e. The minimum absolute atomic E-state index is 0.548. The zero-order valence-electron chi connectivity index (χ0n) is 8.66. The summed E-state index contributed by atoms with van der Waals surface area (Å²) in [6.07, 6.45) is 1.89. The molecule has 0 saturated carbocycles. The summed E-state index contributed by atoms with van der Waals surface area (Å²) in [4.78, 5) is 0. The van der Waals surface area contributed by atoms with Gasteiger partial charge in [-0.3, -0.25) is 0 Å². The van der Waals surface area contributed by atoms with Gasteiger partial charge in [-0.05, 0) is 31.5 Å². The maximum atomic E-state index is 6.04. The highest BCUT2D eigenvalue weighted by atomic mass is 35.5. The van der Waals surface area contributed by atoms with Crippen molar-refractivity contribution < 1.29 is 0 Å². The lowest BCUT2D eigenvalue weighted by Gasteiger charge is -2.03. The first-order valence-corrected chi connectivity index (χ1v) is 5.04. The molecule has 1 heterocycles. The summed E-state index contributed by atoms with van der Waals surface area (Å²) in [6.45, 7) is 3.89. The van der Waals surface area contributed by atoms with Crippen LogP contribution in [-0.4, -0.2) is 9.78 Å². The Morgan fingerprint density at radius 3 is 2.53 bits per heavy atom. The lowest BCUT2D eigenvalue weighted by Crippen LogP contribution is -1.96. The number of nitrogens with zero attached hydrogens (tertiary/aromatic N) is 2. The topological polar surface area (TPSA) is 43.8 Å². The molecule has 0 spiro atoms. The molecule has 0 aliphatic rings. The van der Waals surface area contributed by atoms with Gasteiger partial charge in [-0.1, -0.05) is 17.7 Å². The zero-order valence-corrected chi connectivity index (χ0v) is 9.42. The molecule has 2 rings (SSSR count). The number of hydrogen-bond acceptors (Lipinski definition) is 2. The molecule has 78 valence electrons. The Morgan fingerprint density at radius 2 is 2.00 bits per heavy atom. The molecule has 1 aromatic carbocycles. The highest BCUT2D eigenvalue weighted by Crippen LogP contribution is 2.20.